The van der Waals surface area contributed by atoms with Crippen LogP contribution >= 0.6 is 0 Å². The van der Waals surface area contributed by atoms with Crippen LogP contribution in [0, 0.1) is 0 Å². The quantitative estimate of drug-likeness (QED) is 0.199. The second kappa shape index (κ2) is 16.7. The summed E-state index contributed by atoms with van der Waals surface area (Å²) in [5.74, 6) is -1.04. The summed E-state index contributed by atoms with van der Waals surface area (Å²) in [6, 6.07) is 25.0. The van der Waals surface area contributed by atoms with Crippen molar-refractivity contribution in [3.63, 3.8) is 0 Å². The predicted molar refractivity (Wildman–Crippen MR) is 184 cm³/mol. The van der Waals surface area contributed by atoms with Crippen molar-refractivity contribution in [2.75, 3.05) is 32.7 Å². The van der Waals surface area contributed by atoms with Gasteiger partial charge in [0, 0.05) is 50.5 Å². The Labute approximate surface area is 283 Å². The van der Waals surface area contributed by atoms with Gasteiger partial charge >= 0.3 is 5.97 Å². The lowest BCUT2D eigenvalue weighted by atomic mass is 9.98. The summed E-state index contributed by atoms with van der Waals surface area (Å²) < 4.78 is 13.5. The summed E-state index contributed by atoms with van der Waals surface area (Å²) >= 11 is 0. The first-order valence-corrected chi connectivity index (χ1v) is 17.6. The van der Waals surface area contributed by atoms with E-state index >= 15 is 0 Å². The van der Waals surface area contributed by atoms with Gasteiger partial charge in [0.15, 0.2) is 6.29 Å². The van der Waals surface area contributed by atoms with Gasteiger partial charge in [-0.3, -0.25) is 14.5 Å². The normalized spacial score (nSPS) is 23.4. The van der Waals surface area contributed by atoms with Gasteiger partial charge in [-0.15, -0.1) is 0 Å². The zero-order valence-electron chi connectivity index (χ0n) is 27.8. The van der Waals surface area contributed by atoms with Gasteiger partial charge in [0.05, 0.1) is 18.8 Å². The molecule has 3 aromatic carbocycles. The fourth-order valence-electron chi connectivity index (χ4n) is 7.31. The maximum absolute atomic E-state index is 12.2. The number of amides is 1. The van der Waals surface area contributed by atoms with Crippen molar-refractivity contribution in [2.45, 2.75) is 89.1 Å². The number of carbonyl (C=O) groups is 2. The molecule has 0 radical (unpaired) electrons. The molecular formula is C39H49N3O6. The smallest absolute Gasteiger partial charge is 0.303 e. The van der Waals surface area contributed by atoms with E-state index in [0.717, 1.165) is 59.4 Å². The highest BCUT2D eigenvalue weighted by atomic mass is 16.7. The Morgan fingerprint density at radius 2 is 1.58 bits per heavy atom. The molecule has 0 unspecified atom stereocenters. The molecule has 4 atom stereocenters. The summed E-state index contributed by atoms with van der Waals surface area (Å²) in [6.45, 7) is 5.96. The van der Waals surface area contributed by atoms with Gasteiger partial charge in [0.1, 0.15) is 0 Å². The number of aliphatic hydroxyl groups excluding tert-OH is 1. The Hall–Kier alpha value is -3.60. The zero-order valence-corrected chi connectivity index (χ0v) is 27.8. The number of hydrogen-bond donors (Lipinski definition) is 3. The first kappa shape index (κ1) is 34.3. The molecule has 9 heteroatoms. The minimum atomic E-state index is -0.891. The molecule has 3 N–H and O–H groups in total. The molecule has 3 heterocycles. The SMILES string of the molecule is O=C(O)CCCC(=O)NCc1cccc(-c2cccc([C@@H]3O[C@H](CN4CCC[C@H]4CN4CCCC4)C[C@H](c4ccc(CO)cc4)O3)c2)c1. The second-order valence-electron chi connectivity index (χ2n) is 13.5. The molecule has 9 nitrogen and oxygen atoms in total. The van der Waals surface area contributed by atoms with E-state index in [9.17, 15) is 14.7 Å². The lowest BCUT2D eigenvalue weighted by Gasteiger charge is -2.39. The lowest BCUT2D eigenvalue weighted by Crippen LogP contribution is -2.45. The summed E-state index contributed by atoms with van der Waals surface area (Å²) in [7, 11) is 0. The van der Waals surface area contributed by atoms with E-state index < -0.39 is 12.3 Å². The molecule has 0 spiro atoms. The van der Waals surface area contributed by atoms with Gasteiger partial charge < -0.3 is 29.9 Å². The molecule has 0 bridgehead atoms. The Kier molecular flexibility index (Phi) is 11.9. The summed E-state index contributed by atoms with van der Waals surface area (Å²) in [5.41, 5.74) is 5.96. The number of carbonyl (C=O) groups excluding carboxylic acids is 1. The van der Waals surface area contributed by atoms with Crippen LogP contribution in [-0.2, 0) is 32.2 Å². The summed E-state index contributed by atoms with van der Waals surface area (Å²) in [6.07, 6.45) is 5.72. The van der Waals surface area contributed by atoms with Crippen LogP contribution in [0.15, 0.2) is 72.8 Å². The molecule has 3 fully saturated rings. The van der Waals surface area contributed by atoms with E-state index in [2.05, 4.69) is 57.6 Å². The van der Waals surface area contributed by atoms with Gasteiger partial charge in [0.25, 0.3) is 0 Å². The minimum absolute atomic E-state index is 0.0107. The van der Waals surface area contributed by atoms with Gasteiger partial charge in [-0.05, 0) is 91.7 Å². The van der Waals surface area contributed by atoms with Crippen LogP contribution in [0.5, 0.6) is 0 Å². The third kappa shape index (κ3) is 9.30. The van der Waals surface area contributed by atoms with Crippen molar-refractivity contribution in [1.29, 1.82) is 0 Å². The highest BCUT2D eigenvalue weighted by Crippen LogP contribution is 2.39. The maximum atomic E-state index is 12.2. The van der Waals surface area contributed by atoms with Gasteiger partial charge in [-0.1, -0.05) is 60.7 Å². The first-order chi connectivity index (χ1) is 23.4. The van der Waals surface area contributed by atoms with Crippen molar-refractivity contribution >= 4 is 11.9 Å². The summed E-state index contributed by atoms with van der Waals surface area (Å²) in [4.78, 5) is 28.2. The topological polar surface area (TPSA) is 112 Å². The van der Waals surface area contributed by atoms with Crippen LogP contribution in [0.1, 0.15) is 86.0 Å². The number of carboxylic acids is 1. The number of nitrogens with one attached hydrogen (secondary N) is 1. The maximum Gasteiger partial charge on any atom is 0.303 e. The number of aliphatic carboxylic acids is 1. The fourth-order valence-corrected chi connectivity index (χ4v) is 7.31. The molecule has 6 rings (SSSR count). The fraction of sp³-hybridized carbons (Fsp3) is 0.487. The molecular weight excluding hydrogens is 606 g/mol. The molecule has 0 aliphatic carbocycles. The molecule has 3 saturated heterocycles. The van der Waals surface area contributed by atoms with Crippen LogP contribution in [0.25, 0.3) is 11.1 Å². The van der Waals surface area contributed by atoms with Crippen LogP contribution < -0.4 is 5.32 Å². The molecule has 0 aromatic heterocycles. The van der Waals surface area contributed by atoms with Crippen LogP contribution in [0.2, 0.25) is 0 Å². The molecule has 48 heavy (non-hydrogen) atoms. The number of benzene rings is 3. The van der Waals surface area contributed by atoms with E-state index in [0.29, 0.717) is 19.0 Å². The van der Waals surface area contributed by atoms with Gasteiger partial charge in [-0.25, -0.2) is 0 Å². The Morgan fingerprint density at radius 1 is 0.812 bits per heavy atom. The Morgan fingerprint density at radius 3 is 2.35 bits per heavy atom. The lowest BCUT2D eigenvalue weighted by molar-refractivity contribution is -0.253. The van der Waals surface area contributed by atoms with Crippen molar-refractivity contribution in [1.82, 2.24) is 15.1 Å². The highest BCUT2D eigenvalue weighted by molar-refractivity contribution is 5.76. The molecule has 3 aromatic rings. The second-order valence-corrected chi connectivity index (χ2v) is 13.5. The van der Waals surface area contributed by atoms with E-state index in [-0.39, 0.29) is 37.6 Å². The van der Waals surface area contributed by atoms with Crippen molar-refractivity contribution in [3.8, 4) is 11.1 Å². The highest BCUT2D eigenvalue weighted by Gasteiger charge is 2.36. The van der Waals surface area contributed by atoms with Crippen LogP contribution in [0.4, 0.5) is 0 Å². The average Bonchev–Trinajstić information content (AvgIpc) is 3.79. The van der Waals surface area contributed by atoms with Crippen LogP contribution in [-0.4, -0.2) is 76.8 Å². The van der Waals surface area contributed by atoms with Crippen LogP contribution in [0.3, 0.4) is 0 Å². The number of hydrogen-bond acceptors (Lipinski definition) is 7. The Balaban J connectivity index is 1.16. The zero-order chi connectivity index (χ0) is 33.3. The molecule has 0 saturated carbocycles. The standard InChI is InChI=1S/C39H49N3O6/c43-27-28-14-16-30(17-15-28)36-23-35(26-42-20-6-11-34(42)25-41-18-1-2-19-41)47-39(48-36)33-10-4-9-32(22-33)31-8-3-7-29(21-31)24-40-37(44)12-5-13-38(45)46/h3-4,7-10,14-17,21-22,34-36,39,43H,1-2,5-6,11-13,18-20,23-27H2,(H,40,44)(H,45,46)/t34-,35-,36+,39+/m0/s1. The van der Waals surface area contributed by atoms with Gasteiger partial charge in [-0.2, -0.15) is 0 Å². The Bertz CT molecular complexity index is 1510. The summed E-state index contributed by atoms with van der Waals surface area (Å²) in [5, 5.41) is 21.3. The van der Waals surface area contributed by atoms with E-state index in [1.165, 1.54) is 38.8 Å². The van der Waals surface area contributed by atoms with Crippen molar-refractivity contribution in [2.24, 2.45) is 0 Å². The number of likely N-dealkylation sites (tertiary alicyclic amines) is 2. The van der Waals surface area contributed by atoms with E-state index in [1.54, 1.807) is 0 Å². The number of carboxylic acid groups (broad SMARTS) is 1. The number of ether oxygens (including phenoxy) is 2. The van der Waals surface area contributed by atoms with E-state index in [4.69, 9.17) is 14.6 Å². The average molecular weight is 656 g/mol. The third-order valence-corrected chi connectivity index (χ3v) is 9.92. The van der Waals surface area contributed by atoms with E-state index in [1.807, 2.05) is 30.3 Å². The molecule has 3 aliphatic rings. The number of aliphatic hydroxyl groups is 1. The van der Waals surface area contributed by atoms with Gasteiger partial charge in [0.2, 0.25) is 5.91 Å². The minimum Gasteiger partial charge on any atom is -0.481 e. The van der Waals surface area contributed by atoms with Crippen molar-refractivity contribution in [3.05, 3.63) is 95.1 Å². The first-order valence-electron chi connectivity index (χ1n) is 17.6. The number of rotatable bonds is 14. The predicted octanol–water partition coefficient (Wildman–Crippen LogP) is 5.82. The molecule has 3 aliphatic heterocycles. The third-order valence-electron chi connectivity index (χ3n) is 9.92. The number of nitrogens with zero attached hydrogens (tertiary/aromatic N) is 2. The van der Waals surface area contributed by atoms with Crippen molar-refractivity contribution < 1.29 is 29.3 Å². The largest absolute Gasteiger partial charge is 0.481 e. The monoisotopic (exact) mass is 655 g/mol. The molecule has 1 amide bonds. The molecule has 256 valence electrons.